The molecule has 1 aliphatic rings. The van der Waals surface area contributed by atoms with E-state index < -0.39 is 0 Å². The van der Waals surface area contributed by atoms with Gasteiger partial charge in [0.15, 0.2) is 5.69 Å². The van der Waals surface area contributed by atoms with Gasteiger partial charge >= 0.3 is 0 Å². The Morgan fingerprint density at radius 1 is 1.24 bits per heavy atom. The summed E-state index contributed by atoms with van der Waals surface area (Å²) in [6, 6.07) is 12.2. The normalized spacial score (nSPS) is 13.8. The Labute approximate surface area is 192 Å². The maximum Gasteiger partial charge on any atom is 0.272 e. The molecular formula is C25H28N6O2. The molecule has 0 aliphatic carbocycles. The van der Waals surface area contributed by atoms with Gasteiger partial charge in [-0.3, -0.25) is 19.4 Å². The number of hydrogen-bond donors (Lipinski definition) is 2. The highest BCUT2D eigenvalue weighted by molar-refractivity contribution is 5.94. The molecule has 3 aromatic heterocycles. The quantitative estimate of drug-likeness (QED) is 0.436. The molecule has 1 amide bonds. The topological polar surface area (TPSA) is 88.1 Å². The summed E-state index contributed by atoms with van der Waals surface area (Å²) in [5.74, 6) is -0.153. The van der Waals surface area contributed by atoms with Crippen LogP contribution in [0.4, 0.5) is 0 Å². The van der Waals surface area contributed by atoms with E-state index in [-0.39, 0.29) is 5.91 Å². The second kappa shape index (κ2) is 9.56. The average Bonchev–Trinajstić information content (AvgIpc) is 3.43. The van der Waals surface area contributed by atoms with Gasteiger partial charge < -0.3 is 15.0 Å². The van der Waals surface area contributed by atoms with E-state index in [9.17, 15) is 4.79 Å². The van der Waals surface area contributed by atoms with Gasteiger partial charge in [-0.05, 0) is 23.3 Å². The number of amides is 1. The number of benzene rings is 1. The first kappa shape index (κ1) is 21.4. The Kier molecular flexibility index (Phi) is 6.19. The van der Waals surface area contributed by atoms with E-state index in [0.29, 0.717) is 31.9 Å². The van der Waals surface area contributed by atoms with E-state index in [0.717, 1.165) is 41.8 Å². The molecule has 0 saturated heterocycles. The summed E-state index contributed by atoms with van der Waals surface area (Å²) in [6.45, 7) is 4.05. The minimum Gasteiger partial charge on any atom is -0.383 e. The Morgan fingerprint density at radius 2 is 2.15 bits per heavy atom. The number of H-pyrrole nitrogens is 1. The molecule has 0 radical (unpaired) electrons. The number of pyridine rings is 1. The summed E-state index contributed by atoms with van der Waals surface area (Å²) in [4.78, 5) is 23.0. The molecule has 0 bridgehead atoms. The molecule has 8 heteroatoms. The number of nitrogens with one attached hydrogen (secondary N) is 2. The zero-order valence-electron chi connectivity index (χ0n) is 18.8. The zero-order valence-corrected chi connectivity index (χ0v) is 18.8. The van der Waals surface area contributed by atoms with Gasteiger partial charge in [0.25, 0.3) is 5.91 Å². The van der Waals surface area contributed by atoms with E-state index in [1.54, 1.807) is 19.5 Å². The first-order chi connectivity index (χ1) is 16.2. The van der Waals surface area contributed by atoms with Crippen LogP contribution in [0.25, 0.3) is 10.9 Å². The van der Waals surface area contributed by atoms with Gasteiger partial charge in [0.05, 0.1) is 13.2 Å². The van der Waals surface area contributed by atoms with Gasteiger partial charge in [-0.25, -0.2) is 0 Å². The summed E-state index contributed by atoms with van der Waals surface area (Å²) >= 11 is 0. The van der Waals surface area contributed by atoms with E-state index in [1.807, 2.05) is 22.9 Å². The SMILES string of the molecule is COCCn1nc(C(=O)NCc2cccnc2)c2c1CCN(Cc1c[nH]c3ccccc13)C2. The molecule has 0 atom stereocenters. The number of carbonyl (C=O) groups excluding carboxylic acids is 1. The summed E-state index contributed by atoms with van der Waals surface area (Å²) in [6.07, 6.45) is 6.42. The number of methoxy groups -OCH3 is 1. The highest BCUT2D eigenvalue weighted by Crippen LogP contribution is 2.26. The molecule has 33 heavy (non-hydrogen) atoms. The van der Waals surface area contributed by atoms with Crippen LogP contribution in [-0.4, -0.2) is 50.8 Å². The van der Waals surface area contributed by atoms with E-state index in [4.69, 9.17) is 9.84 Å². The van der Waals surface area contributed by atoms with Crippen molar-refractivity contribution in [3.63, 3.8) is 0 Å². The number of aromatic nitrogens is 4. The van der Waals surface area contributed by atoms with Gasteiger partial charge in [-0.2, -0.15) is 5.10 Å². The maximum absolute atomic E-state index is 13.1. The molecule has 0 spiro atoms. The van der Waals surface area contributed by atoms with Crippen LogP contribution in [0.1, 0.15) is 32.9 Å². The summed E-state index contributed by atoms with van der Waals surface area (Å²) in [5, 5.41) is 8.95. The minimum atomic E-state index is -0.153. The average molecular weight is 445 g/mol. The van der Waals surface area contributed by atoms with Crippen LogP contribution in [0.5, 0.6) is 0 Å². The summed E-state index contributed by atoms with van der Waals surface area (Å²) in [7, 11) is 1.68. The third-order valence-corrected chi connectivity index (χ3v) is 6.18. The number of rotatable bonds is 8. The Morgan fingerprint density at radius 3 is 3.00 bits per heavy atom. The molecule has 1 aromatic carbocycles. The fourth-order valence-corrected chi connectivity index (χ4v) is 4.50. The summed E-state index contributed by atoms with van der Waals surface area (Å²) in [5.41, 5.74) is 6.03. The number of para-hydroxylation sites is 1. The van der Waals surface area contributed by atoms with Crippen molar-refractivity contribution in [2.45, 2.75) is 32.6 Å². The van der Waals surface area contributed by atoms with Crippen molar-refractivity contribution in [3.05, 3.63) is 83.1 Å². The molecule has 2 N–H and O–H groups in total. The predicted octanol–water partition coefficient (Wildman–Crippen LogP) is 2.89. The molecular weight excluding hydrogens is 416 g/mol. The highest BCUT2D eigenvalue weighted by atomic mass is 16.5. The van der Waals surface area contributed by atoms with Crippen LogP contribution in [0, 0.1) is 0 Å². The lowest BCUT2D eigenvalue weighted by Crippen LogP contribution is -2.32. The standard InChI is InChI=1S/C25H28N6O2/c1-33-12-11-31-23-8-10-30(16-19-15-27-22-7-3-2-6-20(19)22)17-21(23)24(29-31)25(32)28-14-18-5-4-9-26-13-18/h2-7,9,13,15,27H,8,10-12,14,16-17H2,1H3,(H,28,32). The lowest BCUT2D eigenvalue weighted by Gasteiger charge is -2.27. The number of nitrogens with zero attached hydrogens (tertiary/aromatic N) is 4. The fraction of sp³-hybridized carbons (Fsp3) is 0.320. The van der Waals surface area contributed by atoms with Crippen LogP contribution >= 0.6 is 0 Å². The number of hydrogen-bond acceptors (Lipinski definition) is 5. The number of ether oxygens (including phenoxy) is 1. The van der Waals surface area contributed by atoms with Gasteiger partial charge in [0.1, 0.15) is 0 Å². The summed E-state index contributed by atoms with van der Waals surface area (Å²) < 4.78 is 7.21. The fourth-order valence-electron chi connectivity index (χ4n) is 4.50. The van der Waals surface area contributed by atoms with Gasteiger partial charge in [-0.15, -0.1) is 0 Å². The predicted molar refractivity (Wildman–Crippen MR) is 126 cm³/mol. The lowest BCUT2D eigenvalue weighted by molar-refractivity contribution is 0.0942. The highest BCUT2D eigenvalue weighted by Gasteiger charge is 2.28. The monoisotopic (exact) mass is 444 g/mol. The molecule has 170 valence electrons. The number of fused-ring (bicyclic) bond motifs is 2. The van der Waals surface area contributed by atoms with Crippen molar-refractivity contribution in [2.75, 3.05) is 20.3 Å². The second-order valence-corrected chi connectivity index (χ2v) is 8.35. The van der Waals surface area contributed by atoms with Crippen molar-refractivity contribution in [2.24, 2.45) is 0 Å². The smallest absolute Gasteiger partial charge is 0.272 e. The minimum absolute atomic E-state index is 0.153. The Hall–Kier alpha value is -3.49. The molecule has 4 heterocycles. The van der Waals surface area contributed by atoms with E-state index >= 15 is 0 Å². The van der Waals surface area contributed by atoms with Gasteiger partial charge in [0.2, 0.25) is 0 Å². The first-order valence-corrected chi connectivity index (χ1v) is 11.2. The molecule has 0 saturated carbocycles. The maximum atomic E-state index is 13.1. The first-order valence-electron chi connectivity index (χ1n) is 11.2. The largest absolute Gasteiger partial charge is 0.383 e. The van der Waals surface area contributed by atoms with E-state index in [1.165, 1.54) is 10.9 Å². The zero-order chi connectivity index (χ0) is 22.6. The van der Waals surface area contributed by atoms with Crippen molar-refractivity contribution >= 4 is 16.8 Å². The van der Waals surface area contributed by atoms with Crippen molar-refractivity contribution in [1.29, 1.82) is 0 Å². The molecule has 1 aliphatic heterocycles. The lowest BCUT2D eigenvalue weighted by atomic mass is 10.0. The Balaban J connectivity index is 1.37. The molecule has 8 nitrogen and oxygen atoms in total. The number of carbonyl (C=O) groups is 1. The van der Waals surface area contributed by atoms with Crippen LogP contribution in [0.2, 0.25) is 0 Å². The van der Waals surface area contributed by atoms with Crippen LogP contribution in [-0.2, 0) is 37.3 Å². The molecule has 0 unspecified atom stereocenters. The Bertz CT molecular complexity index is 1250. The van der Waals surface area contributed by atoms with Crippen LogP contribution in [0.15, 0.2) is 55.0 Å². The van der Waals surface area contributed by atoms with Crippen molar-refractivity contribution in [1.82, 2.24) is 30.0 Å². The second-order valence-electron chi connectivity index (χ2n) is 8.35. The third kappa shape index (κ3) is 4.53. The van der Waals surface area contributed by atoms with Crippen molar-refractivity contribution in [3.8, 4) is 0 Å². The molecule has 4 aromatic rings. The molecule has 0 fully saturated rings. The van der Waals surface area contributed by atoms with Gasteiger partial charge in [0, 0.05) is 80.5 Å². The van der Waals surface area contributed by atoms with Gasteiger partial charge in [-0.1, -0.05) is 24.3 Å². The van der Waals surface area contributed by atoms with Crippen LogP contribution in [0.3, 0.4) is 0 Å². The van der Waals surface area contributed by atoms with E-state index in [2.05, 4.69) is 44.6 Å². The van der Waals surface area contributed by atoms with Crippen LogP contribution < -0.4 is 5.32 Å². The third-order valence-electron chi connectivity index (χ3n) is 6.18. The molecule has 5 rings (SSSR count). The number of aromatic amines is 1. The van der Waals surface area contributed by atoms with Crippen molar-refractivity contribution < 1.29 is 9.53 Å².